The zero-order chi connectivity index (χ0) is 10.1. The van der Waals surface area contributed by atoms with E-state index in [0.29, 0.717) is 0 Å². The number of fused-ring (bicyclic) bond motifs is 1. The number of hydrogen-bond acceptors (Lipinski definition) is 2. The van der Waals surface area contributed by atoms with Gasteiger partial charge in [-0.05, 0) is 34.7 Å². The summed E-state index contributed by atoms with van der Waals surface area (Å²) in [4.78, 5) is 0. The summed E-state index contributed by atoms with van der Waals surface area (Å²) < 4.78 is 3.33. The first kappa shape index (κ1) is 8.86. The van der Waals surface area contributed by atoms with Gasteiger partial charge >= 0.3 is 0 Å². The van der Waals surface area contributed by atoms with Crippen LogP contribution in [0.25, 0.3) is 11.1 Å². The van der Waals surface area contributed by atoms with E-state index in [-0.39, 0.29) is 0 Å². The van der Waals surface area contributed by atoms with Crippen molar-refractivity contribution in [3.63, 3.8) is 0 Å². The lowest BCUT2D eigenvalue weighted by Gasteiger charge is -2.04. The number of rotatable bonds is 1. The third-order valence-corrected chi connectivity index (χ3v) is 3.45. The van der Waals surface area contributed by atoms with E-state index in [4.69, 9.17) is 0 Å². The van der Waals surface area contributed by atoms with Gasteiger partial charge in [-0.2, -0.15) is 0 Å². The predicted octanol–water partition coefficient (Wildman–Crippen LogP) is 3.93. The molecule has 0 radical (unpaired) electrons. The average Bonchev–Trinajstić information content (AvgIpc) is 2.77. The maximum atomic E-state index is 3.33. The summed E-state index contributed by atoms with van der Waals surface area (Å²) in [6, 6.07) is 17.1. The minimum atomic E-state index is 1.07. The molecule has 0 aliphatic carbocycles. The minimum Gasteiger partial charge on any atom is -0.329 e. The first-order chi connectivity index (χ1) is 7.43. The van der Waals surface area contributed by atoms with Crippen LogP contribution in [0.2, 0.25) is 0 Å². The van der Waals surface area contributed by atoms with E-state index in [0.717, 1.165) is 5.75 Å². The monoisotopic (exact) mass is 213 g/mol. The van der Waals surface area contributed by atoms with Crippen LogP contribution in [-0.2, 0) is 5.75 Å². The first-order valence-electron chi connectivity index (χ1n) is 5.00. The molecule has 1 aliphatic rings. The Kier molecular flexibility index (Phi) is 2.14. The van der Waals surface area contributed by atoms with Gasteiger partial charge in [0.2, 0.25) is 0 Å². The summed E-state index contributed by atoms with van der Waals surface area (Å²) in [5.74, 6) is 1.07. The van der Waals surface area contributed by atoms with Gasteiger partial charge in [-0.1, -0.05) is 42.5 Å². The van der Waals surface area contributed by atoms with Crippen molar-refractivity contribution in [2.24, 2.45) is 0 Å². The number of anilines is 1. The Bertz CT molecular complexity index is 479. The van der Waals surface area contributed by atoms with Crippen molar-refractivity contribution in [3.05, 3.63) is 54.1 Å². The van der Waals surface area contributed by atoms with E-state index in [9.17, 15) is 0 Å². The molecule has 0 saturated carbocycles. The fraction of sp³-hybridized carbons (Fsp3) is 0.0769. The third kappa shape index (κ3) is 1.61. The largest absolute Gasteiger partial charge is 0.329 e. The van der Waals surface area contributed by atoms with Crippen LogP contribution in [0.1, 0.15) is 5.56 Å². The van der Waals surface area contributed by atoms with Crippen molar-refractivity contribution in [1.29, 1.82) is 0 Å². The van der Waals surface area contributed by atoms with Crippen molar-refractivity contribution in [2.75, 3.05) is 4.72 Å². The van der Waals surface area contributed by atoms with E-state index in [2.05, 4.69) is 47.2 Å². The van der Waals surface area contributed by atoms with E-state index >= 15 is 0 Å². The van der Waals surface area contributed by atoms with Crippen LogP contribution in [0.3, 0.4) is 0 Å². The van der Waals surface area contributed by atoms with Crippen LogP contribution in [0, 0.1) is 0 Å². The van der Waals surface area contributed by atoms with Gasteiger partial charge in [0.1, 0.15) is 0 Å². The summed E-state index contributed by atoms with van der Waals surface area (Å²) in [6.07, 6.45) is 0. The second kappa shape index (κ2) is 3.63. The van der Waals surface area contributed by atoms with Crippen molar-refractivity contribution in [2.45, 2.75) is 5.75 Å². The van der Waals surface area contributed by atoms with Crippen molar-refractivity contribution < 1.29 is 0 Å². The molecule has 1 N–H and O–H groups in total. The molecule has 2 aromatic carbocycles. The molecular weight excluding hydrogens is 202 g/mol. The molecule has 1 aliphatic heterocycles. The Morgan fingerprint density at radius 1 is 0.933 bits per heavy atom. The van der Waals surface area contributed by atoms with Crippen molar-refractivity contribution in [3.8, 4) is 11.1 Å². The SMILES string of the molecule is c1ccc(-c2ccc3c(c2)NSC3)cc1. The highest BCUT2D eigenvalue weighted by Crippen LogP contribution is 2.34. The quantitative estimate of drug-likeness (QED) is 0.720. The van der Waals surface area contributed by atoms with E-state index in [1.54, 1.807) is 11.9 Å². The van der Waals surface area contributed by atoms with Crippen LogP contribution >= 0.6 is 11.9 Å². The Labute approximate surface area is 93.7 Å². The van der Waals surface area contributed by atoms with Gasteiger partial charge in [-0.25, -0.2) is 0 Å². The molecule has 2 aromatic rings. The molecule has 0 aromatic heterocycles. The number of benzene rings is 2. The highest BCUT2D eigenvalue weighted by atomic mass is 32.2. The second-order valence-electron chi connectivity index (χ2n) is 3.63. The van der Waals surface area contributed by atoms with Crippen LogP contribution in [-0.4, -0.2) is 0 Å². The standard InChI is InChI=1S/C13H11NS/c1-2-4-10(5-3-1)11-6-7-12-9-15-14-13(12)8-11/h1-8,14H,9H2. The summed E-state index contributed by atoms with van der Waals surface area (Å²) in [5.41, 5.74) is 5.23. The summed E-state index contributed by atoms with van der Waals surface area (Å²) in [6.45, 7) is 0. The molecule has 0 saturated heterocycles. The van der Waals surface area contributed by atoms with Gasteiger partial charge in [0.15, 0.2) is 0 Å². The number of nitrogens with one attached hydrogen (secondary N) is 1. The molecule has 1 nitrogen and oxygen atoms in total. The maximum absolute atomic E-state index is 3.33. The summed E-state index contributed by atoms with van der Waals surface area (Å²) in [5, 5.41) is 0. The van der Waals surface area contributed by atoms with E-state index in [1.165, 1.54) is 22.4 Å². The Morgan fingerprint density at radius 3 is 2.67 bits per heavy atom. The van der Waals surface area contributed by atoms with Crippen LogP contribution < -0.4 is 4.72 Å². The normalized spacial score (nSPS) is 13.3. The number of hydrogen-bond donors (Lipinski definition) is 1. The molecule has 74 valence electrons. The zero-order valence-corrected chi connectivity index (χ0v) is 9.05. The van der Waals surface area contributed by atoms with Gasteiger partial charge in [0.05, 0.1) is 0 Å². The molecule has 0 fully saturated rings. The van der Waals surface area contributed by atoms with Gasteiger partial charge in [-0.15, -0.1) is 0 Å². The zero-order valence-electron chi connectivity index (χ0n) is 8.23. The Hall–Kier alpha value is -1.41. The smallest absolute Gasteiger partial charge is 0.0487 e. The molecule has 0 amide bonds. The predicted molar refractivity (Wildman–Crippen MR) is 66.8 cm³/mol. The molecule has 15 heavy (non-hydrogen) atoms. The van der Waals surface area contributed by atoms with Crippen molar-refractivity contribution in [1.82, 2.24) is 0 Å². The Balaban J connectivity index is 2.07. The maximum Gasteiger partial charge on any atom is 0.0487 e. The average molecular weight is 213 g/mol. The molecule has 2 heteroatoms. The second-order valence-corrected chi connectivity index (χ2v) is 4.41. The van der Waals surface area contributed by atoms with Gasteiger partial charge < -0.3 is 4.72 Å². The van der Waals surface area contributed by atoms with Crippen LogP contribution in [0.4, 0.5) is 5.69 Å². The van der Waals surface area contributed by atoms with E-state index < -0.39 is 0 Å². The van der Waals surface area contributed by atoms with Crippen LogP contribution in [0.15, 0.2) is 48.5 Å². The molecule has 0 atom stereocenters. The molecular formula is C13H11NS. The van der Waals surface area contributed by atoms with Crippen LogP contribution in [0.5, 0.6) is 0 Å². The molecule has 1 heterocycles. The van der Waals surface area contributed by atoms with E-state index in [1.807, 2.05) is 6.07 Å². The highest BCUT2D eigenvalue weighted by molar-refractivity contribution is 8.00. The van der Waals surface area contributed by atoms with Gasteiger partial charge in [0.25, 0.3) is 0 Å². The lowest BCUT2D eigenvalue weighted by Crippen LogP contribution is -1.82. The molecule has 0 spiro atoms. The lowest BCUT2D eigenvalue weighted by atomic mass is 10.0. The summed E-state index contributed by atoms with van der Waals surface area (Å²) >= 11 is 1.76. The fourth-order valence-corrected chi connectivity index (χ4v) is 2.62. The molecule has 3 rings (SSSR count). The Morgan fingerprint density at radius 2 is 1.80 bits per heavy atom. The highest BCUT2D eigenvalue weighted by Gasteiger charge is 2.10. The topological polar surface area (TPSA) is 12.0 Å². The molecule has 0 unspecified atom stereocenters. The van der Waals surface area contributed by atoms with Crippen molar-refractivity contribution >= 4 is 17.6 Å². The molecule has 0 bridgehead atoms. The third-order valence-electron chi connectivity index (χ3n) is 2.63. The summed E-state index contributed by atoms with van der Waals surface area (Å²) in [7, 11) is 0. The minimum absolute atomic E-state index is 1.07. The van der Waals surface area contributed by atoms with Gasteiger partial charge in [0, 0.05) is 11.4 Å². The lowest BCUT2D eigenvalue weighted by molar-refractivity contribution is 1.46. The fourth-order valence-electron chi connectivity index (χ4n) is 1.80. The van der Waals surface area contributed by atoms with Gasteiger partial charge in [-0.3, -0.25) is 0 Å². The first-order valence-corrected chi connectivity index (χ1v) is 5.98.